The highest BCUT2D eigenvalue weighted by Gasteiger charge is 2.48. The number of fused-ring (bicyclic) bond motifs is 4. The van der Waals surface area contributed by atoms with E-state index in [1.165, 1.54) is 0 Å². The van der Waals surface area contributed by atoms with Gasteiger partial charge in [0, 0.05) is 6.54 Å². The number of benzene rings is 3. The standard InChI is InChI=1S/C28H29N3O3/c1-3-5-10-18-30-26(32)24(27(33)34-4-2)25(21-15-11-13-19-12-6-7-14-20(19)21)31-23-17-9-8-16-22(23)29-28(30)31/h6-9,11-17,24-25H,3-5,10,18H2,1-2H3/t24-,25-/m1/s1. The molecule has 1 aliphatic rings. The number of amides is 1. The van der Waals surface area contributed by atoms with E-state index in [0.29, 0.717) is 12.5 Å². The van der Waals surface area contributed by atoms with Gasteiger partial charge in [0.05, 0.1) is 23.7 Å². The summed E-state index contributed by atoms with van der Waals surface area (Å²) in [5.74, 6) is -1.12. The molecule has 0 aliphatic carbocycles. The topological polar surface area (TPSA) is 64.4 Å². The number of imidazole rings is 1. The van der Waals surface area contributed by atoms with Gasteiger partial charge in [0.25, 0.3) is 0 Å². The normalized spacial score (nSPS) is 17.8. The zero-order valence-corrected chi connectivity index (χ0v) is 19.6. The zero-order chi connectivity index (χ0) is 23.7. The van der Waals surface area contributed by atoms with E-state index in [1.54, 1.807) is 11.8 Å². The van der Waals surface area contributed by atoms with E-state index in [2.05, 4.69) is 11.5 Å². The van der Waals surface area contributed by atoms with Crippen molar-refractivity contribution in [3.8, 4) is 0 Å². The molecule has 174 valence electrons. The number of esters is 1. The van der Waals surface area contributed by atoms with Crippen molar-refractivity contribution in [3.05, 3.63) is 72.3 Å². The maximum atomic E-state index is 14.0. The van der Waals surface area contributed by atoms with Gasteiger partial charge in [-0.3, -0.25) is 14.5 Å². The molecule has 0 saturated heterocycles. The molecule has 0 saturated carbocycles. The minimum absolute atomic E-state index is 0.220. The summed E-state index contributed by atoms with van der Waals surface area (Å²) in [6.07, 6.45) is 2.89. The summed E-state index contributed by atoms with van der Waals surface area (Å²) in [6, 6.07) is 21.4. The van der Waals surface area contributed by atoms with Crippen molar-refractivity contribution < 1.29 is 14.3 Å². The third-order valence-electron chi connectivity index (χ3n) is 6.61. The van der Waals surface area contributed by atoms with Crippen LogP contribution in [0.2, 0.25) is 0 Å². The van der Waals surface area contributed by atoms with E-state index in [9.17, 15) is 9.59 Å². The second-order valence-electron chi connectivity index (χ2n) is 8.71. The molecule has 2 atom stereocenters. The lowest BCUT2D eigenvalue weighted by Gasteiger charge is -2.38. The number of aromatic nitrogens is 2. The highest BCUT2D eigenvalue weighted by Crippen LogP contribution is 2.43. The molecule has 0 bridgehead atoms. The van der Waals surface area contributed by atoms with Crippen molar-refractivity contribution >= 4 is 39.6 Å². The molecule has 1 aliphatic heterocycles. The van der Waals surface area contributed by atoms with Crippen LogP contribution in [-0.4, -0.2) is 34.6 Å². The van der Waals surface area contributed by atoms with Gasteiger partial charge in [0.1, 0.15) is 0 Å². The van der Waals surface area contributed by atoms with Crippen molar-refractivity contribution in [2.75, 3.05) is 18.1 Å². The summed E-state index contributed by atoms with van der Waals surface area (Å²) in [6.45, 7) is 4.65. The molecule has 2 heterocycles. The molecule has 0 unspecified atom stereocenters. The van der Waals surface area contributed by atoms with Gasteiger partial charge in [0.2, 0.25) is 11.9 Å². The Bertz CT molecular complexity index is 1350. The minimum atomic E-state index is -0.988. The SMILES string of the molecule is CCCCCN1C(=O)[C@H](C(=O)OCC)[C@@H](c2cccc3ccccc23)n2c1nc1ccccc12. The summed E-state index contributed by atoms with van der Waals surface area (Å²) in [7, 11) is 0. The van der Waals surface area contributed by atoms with Gasteiger partial charge in [0.15, 0.2) is 5.92 Å². The van der Waals surface area contributed by atoms with Crippen molar-refractivity contribution in [1.29, 1.82) is 0 Å². The van der Waals surface area contributed by atoms with E-state index in [4.69, 9.17) is 9.72 Å². The van der Waals surface area contributed by atoms with Gasteiger partial charge in [-0.05, 0) is 41.8 Å². The van der Waals surface area contributed by atoms with Gasteiger partial charge in [-0.1, -0.05) is 74.4 Å². The van der Waals surface area contributed by atoms with E-state index in [1.807, 2.05) is 66.7 Å². The number of hydrogen-bond acceptors (Lipinski definition) is 4. The van der Waals surface area contributed by atoms with Crippen LogP contribution in [-0.2, 0) is 14.3 Å². The van der Waals surface area contributed by atoms with Crippen molar-refractivity contribution in [2.24, 2.45) is 5.92 Å². The first kappa shape index (κ1) is 22.1. The first-order chi connectivity index (χ1) is 16.7. The van der Waals surface area contributed by atoms with Crippen LogP contribution in [0.25, 0.3) is 21.8 Å². The van der Waals surface area contributed by atoms with Gasteiger partial charge in [-0.2, -0.15) is 0 Å². The van der Waals surface area contributed by atoms with Crippen LogP contribution in [0.15, 0.2) is 66.7 Å². The molecule has 0 radical (unpaired) electrons. The molecule has 6 nitrogen and oxygen atoms in total. The third-order valence-corrected chi connectivity index (χ3v) is 6.61. The Morgan fingerprint density at radius 3 is 2.56 bits per heavy atom. The number of nitrogens with zero attached hydrogens (tertiary/aromatic N) is 3. The fraction of sp³-hybridized carbons (Fsp3) is 0.321. The number of rotatable bonds is 7. The highest BCUT2D eigenvalue weighted by atomic mass is 16.5. The van der Waals surface area contributed by atoms with E-state index < -0.39 is 17.9 Å². The van der Waals surface area contributed by atoms with E-state index in [0.717, 1.165) is 46.6 Å². The number of carbonyl (C=O) groups excluding carboxylic acids is 2. The molecule has 0 N–H and O–H groups in total. The number of carbonyl (C=O) groups is 2. The molecular weight excluding hydrogens is 426 g/mol. The smallest absolute Gasteiger partial charge is 0.321 e. The first-order valence-corrected chi connectivity index (χ1v) is 12.1. The monoisotopic (exact) mass is 455 g/mol. The predicted molar refractivity (Wildman–Crippen MR) is 134 cm³/mol. The number of hydrogen-bond donors (Lipinski definition) is 0. The second-order valence-corrected chi connectivity index (χ2v) is 8.71. The molecule has 1 aromatic heterocycles. The van der Waals surface area contributed by atoms with Crippen molar-refractivity contribution in [2.45, 2.75) is 39.2 Å². The van der Waals surface area contributed by atoms with Gasteiger partial charge in [-0.25, -0.2) is 4.98 Å². The van der Waals surface area contributed by atoms with E-state index in [-0.39, 0.29) is 12.5 Å². The summed E-state index contributed by atoms with van der Waals surface area (Å²) < 4.78 is 7.55. The lowest BCUT2D eigenvalue weighted by atomic mass is 9.86. The first-order valence-electron chi connectivity index (χ1n) is 12.1. The Labute approximate surface area is 199 Å². The Balaban J connectivity index is 1.79. The molecular formula is C28H29N3O3. The number of para-hydroxylation sites is 2. The lowest BCUT2D eigenvalue weighted by molar-refractivity contribution is -0.153. The summed E-state index contributed by atoms with van der Waals surface area (Å²) in [5, 5.41) is 2.08. The Hall–Kier alpha value is -3.67. The van der Waals surface area contributed by atoms with Crippen LogP contribution >= 0.6 is 0 Å². The third kappa shape index (κ3) is 3.63. The minimum Gasteiger partial charge on any atom is -0.465 e. The molecule has 3 aromatic carbocycles. The van der Waals surface area contributed by atoms with Crippen molar-refractivity contribution in [3.63, 3.8) is 0 Å². The average molecular weight is 456 g/mol. The molecule has 1 amide bonds. The molecule has 4 aromatic rings. The average Bonchev–Trinajstić information content (AvgIpc) is 3.24. The highest BCUT2D eigenvalue weighted by molar-refractivity contribution is 6.09. The molecule has 6 heteroatoms. The largest absolute Gasteiger partial charge is 0.465 e. The maximum Gasteiger partial charge on any atom is 0.321 e. The van der Waals surface area contributed by atoms with Gasteiger partial charge in [-0.15, -0.1) is 0 Å². The van der Waals surface area contributed by atoms with Crippen LogP contribution in [0.1, 0.15) is 44.7 Å². The number of ether oxygens (including phenoxy) is 1. The summed E-state index contributed by atoms with van der Waals surface area (Å²) >= 11 is 0. The molecule has 0 spiro atoms. The Morgan fingerprint density at radius 1 is 0.971 bits per heavy atom. The quantitative estimate of drug-likeness (QED) is 0.210. The van der Waals surface area contributed by atoms with Crippen LogP contribution in [0.4, 0.5) is 5.95 Å². The van der Waals surface area contributed by atoms with Crippen LogP contribution in [0, 0.1) is 5.92 Å². The Morgan fingerprint density at radius 2 is 1.74 bits per heavy atom. The predicted octanol–water partition coefficient (Wildman–Crippen LogP) is 5.50. The Kier molecular flexibility index (Phi) is 6.05. The number of anilines is 1. The summed E-state index contributed by atoms with van der Waals surface area (Å²) in [5.41, 5.74) is 2.63. The van der Waals surface area contributed by atoms with Gasteiger partial charge < -0.3 is 9.30 Å². The lowest BCUT2D eigenvalue weighted by Crippen LogP contribution is -2.50. The molecule has 0 fully saturated rings. The second kappa shape index (κ2) is 9.29. The van der Waals surface area contributed by atoms with E-state index >= 15 is 0 Å². The van der Waals surface area contributed by atoms with Crippen LogP contribution < -0.4 is 4.90 Å². The molecule has 34 heavy (non-hydrogen) atoms. The fourth-order valence-electron chi connectivity index (χ4n) is 5.07. The fourth-order valence-corrected chi connectivity index (χ4v) is 5.07. The molecule has 5 rings (SSSR count). The van der Waals surface area contributed by atoms with Crippen molar-refractivity contribution in [1.82, 2.24) is 9.55 Å². The van der Waals surface area contributed by atoms with Crippen LogP contribution in [0.5, 0.6) is 0 Å². The maximum absolute atomic E-state index is 14.0. The zero-order valence-electron chi connectivity index (χ0n) is 19.6. The number of unbranched alkanes of at least 4 members (excludes halogenated alkanes) is 2. The van der Waals surface area contributed by atoms with Gasteiger partial charge >= 0.3 is 5.97 Å². The van der Waals surface area contributed by atoms with Crippen LogP contribution in [0.3, 0.4) is 0 Å². The summed E-state index contributed by atoms with van der Waals surface area (Å²) in [4.78, 5) is 33.9.